The van der Waals surface area contributed by atoms with Gasteiger partial charge in [0.15, 0.2) is 9.84 Å². The number of halogens is 3. The van der Waals surface area contributed by atoms with Gasteiger partial charge in [0.25, 0.3) is 0 Å². The molecule has 198 valence electrons. The SMILES string of the molecule is CS(=O)(=O)N1CCC[C@@H]1[C@@H](CS(=O)(=O)c1ccc(Oc2ccc(OC(F)(F)F)cc2)cc1)N(O)C=O. The van der Waals surface area contributed by atoms with Gasteiger partial charge >= 0.3 is 6.36 Å². The first-order valence-corrected chi connectivity index (χ1v) is 14.0. The Morgan fingerprint density at radius 2 is 1.58 bits per heavy atom. The Balaban J connectivity index is 1.74. The number of benzene rings is 2. The van der Waals surface area contributed by atoms with E-state index in [1.54, 1.807) is 0 Å². The minimum absolute atomic E-state index is 0.0287. The van der Waals surface area contributed by atoms with E-state index in [0.29, 0.717) is 6.42 Å². The van der Waals surface area contributed by atoms with E-state index >= 15 is 0 Å². The monoisotopic (exact) mass is 552 g/mol. The van der Waals surface area contributed by atoms with Crippen LogP contribution in [0.15, 0.2) is 53.4 Å². The molecule has 0 saturated carbocycles. The highest BCUT2D eigenvalue weighted by Gasteiger charge is 2.41. The molecule has 0 radical (unpaired) electrons. The molecule has 2 aromatic rings. The summed E-state index contributed by atoms with van der Waals surface area (Å²) < 4.78 is 97.3. The third-order valence-electron chi connectivity index (χ3n) is 5.43. The molecule has 2 atom stereocenters. The number of hydrogen-bond donors (Lipinski definition) is 1. The molecule has 0 spiro atoms. The van der Waals surface area contributed by atoms with Gasteiger partial charge in [-0.1, -0.05) is 0 Å². The number of nitrogens with zero attached hydrogens (tertiary/aromatic N) is 2. The summed E-state index contributed by atoms with van der Waals surface area (Å²) in [5, 5.41) is 10.2. The molecule has 0 aromatic heterocycles. The van der Waals surface area contributed by atoms with Crippen molar-refractivity contribution < 1.29 is 49.5 Å². The molecule has 1 fully saturated rings. The summed E-state index contributed by atoms with van der Waals surface area (Å²) in [6.45, 7) is 0.141. The highest BCUT2D eigenvalue weighted by atomic mass is 32.2. The van der Waals surface area contributed by atoms with Gasteiger partial charge in [-0.3, -0.25) is 10.0 Å². The fourth-order valence-electron chi connectivity index (χ4n) is 3.89. The van der Waals surface area contributed by atoms with Crippen LogP contribution >= 0.6 is 0 Å². The molecular formula is C21H23F3N2O8S2. The maximum absolute atomic E-state index is 13.0. The fourth-order valence-corrected chi connectivity index (χ4v) is 6.65. The average Bonchev–Trinajstić information content (AvgIpc) is 3.28. The molecule has 0 aliphatic carbocycles. The Hall–Kier alpha value is -2.88. The van der Waals surface area contributed by atoms with Crippen LogP contribution in [0.5, 0.6) is 17.2 Å². The first-order valence-electron chi connectivity index (χ1n) is 10.5. The third kappa shape index (κ3) is 7.09. The quantitative estimate of drug-likeness (QED) is 0.271. The number of hydrogen-bond acceptors (Lipinski definition) is 8. The van der Waals surface area contributed by atoms with Crippen LogP contribution in [0.25, 0.3) is 0 Å². The normalized spacial score (nSPS) is 18.0. The van der Waals surface area contributed by atoms with Crippen molar-refractivity contribution in [3.05, 3.63) is 48.5 Å². The number of ether oxygens (including phenoxy) is 2. The van der Waals surface area contributed by atoms with Gasteiger partial charge in [0.05, 0.1) is 22.9 Å². The topological polar surface area (TPSA) is 131 Å². The molecule has 10 nitrogen and oxygen atoms in total. The second-order valence-electron chi connectivity index (χ2n) is 8.01. The molecule has 36 heavy (non-hydrogen) atoms. The Labute approximate surface area is 205 Å². The smallest absolute Gasteiger partial charge is 0.457 e. The van der Waals surface area contributed by atoms with E-state index in [9.17, 15) is 40.0 Å². The largest absolute Gasteiger partial charge is 0.573 e. The van der Waals surface area contributed by atoms with Crippen molar-refractivity contribution in [2.24, 2.45) is 0 Å². The van der Waals surface area contributed by atoms with Crippen molar-refractivity contribution >= 4 is 26.3 Å². The standard InChI is InChI=1S/C21H23F3N2O8S2/c1-35(29,30)26-12-2-3-19(26)20(25(28)14-27)13-36(31,32)18-10-8-16(9-11-18)33-15-4-6-17(7-5-15)34-21(22,23)24/h4-11,14,19-20,28H,2-3,12-13H2,1H3/t19-,20-/m1/s1. The molecule has 1 amide bonds. The number of hydroxylamine groups is 2. The maximum Gasteiger partial charge on any atom is 0.573 e. The van der Waals surface area contributed by atoms with Gasteiger partial charge < -0.3 is 9.47 Å². The van der Waals surface area contributed by atoms with Crippen LogP contribution in [0.3, 0.4) is 0 Å². The number of amides is 1. The zero-order valence-electron chi connectivity index (χ0n) is 18.8. The molecule has 2 aromatic carbocycles. The lowest BCUT2D eigenvalue weighted by atomic mass is 10.1. The highest BCUT2D eigenvalue weighted by Crippen LogP contribution is 2.30. The summed E-state index contributed by atoms with van der Waals surface area (Å²) in [4.78, 5) is 11.1. The predicted molar refractivity (Wildman–Crippen MR) is 120 cm³/mol. The van der Waals surface area contributed by atoms with E-state index in [2.05, 4.69) is 4.74 Å². The summed E-state index contributed by atoms with van der Waals surface area (Å²) in [5.41, 5.74) is 0. The minimum Gasteiger partial charge on any atom is -0.457 e. The molecule has 1 aliphatic rings. The zero-order chi connectivity index (χ0) is 26.7. The third-order valence-corrected chi connectivity index (χ3v) is 8.51. The van der Waals surface area contributed by atoms with Gasteiger partial charge in [0.2, 0.25) is 16.4 Å². The highest BCUT2D eigenvalue weighted by molar-refractivity contribution is 7.91. The first-order chi connectivity index (χ1) is 16.7. The van der Waals surface area contributed by atoms with Crippen molar-refractivity contribution in [2.45, 2.75) is 36.2 Å². The Kier molecular flexibility index (Phi) is 8.17. The Bertz CT molecular complexity index is 1270. The van der Waals surface area contributed by atoms with E-state index in [0.717, 1.165) is 22.7 Å². The summed E-state index contributed by atoms with van der Waals surface area (Å²) in [6.07, 6.45) is -3.13. The van der Waals surface area contributed by atoms with Gasteiger partial charge in [-0.05, 0) is 61.4 Å². The molecular weight excluding hydrogens is 529 g/mol. The summed E-state index contributed by atoms with van der Waals surface area (Å²) >= 11 is 0. The van der Waals surface area contributed by atoms with Crippen molar-refractivity contribution in [1.82, 2.24) is 9.37 Å². The van der Waals surface area contributed by atoms with Crippen LogP contribution in [-0.2, 0) is 24.7 Å². The van der Waals surface area contributed by atoms with Gasteiger partial charge in [0, 0.05) is 12.6 Å². The number of carbonyl (C=O) groups is 1. The van der Waals surface area contributed by atoms with E-state index in [-0.39, 0.29) is 40.8 Å². The van der Waals surface area contributed by atoms with Crippen molar-refractivity contribution in [2.75, 3.05) is 18.6 Å². The predicted octanol–water partition coefficient (Wildman–Crippen LogP) is 2.79. The summed E-state index contributed by atoms with van der Waals surface area (Å²) in [7, 11) is -7.80. The van der Waals surface area contributed by atoms with Gasteiger partial charge in [0.1, 0.15) is 17.2 Å². The lowest BCUT2D eigenvalue weighted by molar-refractivity contribution is -0.274. The Morgan fingerprint density at radius 3 is 2.08 bits per heavy atom. The van der Waals surface area contributed by atoms with Crippen LogP contribution in [-0.4, -0.2) is 74.8 Å². The lowest BCUT2D eigenvalue weighted by Gasteiger charge is -2.32. The molecule has 0 bridgehead atoms. The van der Waals surface area contributed by atoms with Gasteiger partial charge in [-0.2, -0.15) is 4.31 Å². The van der Waals surface area contributed by atoms with Crippen LogP contribution < -0.4 is 9.47 Å². The number of sulfonamides is 1. The van der Waals surface area contributed by atoms with E-state index in [4.69, 9.17) is 4.74 Å². The number of alkyl halides is 3. The van der Waals surface area contributed by atoms with Crippen LogP contribution in [0.4, 0.5) is 13.2 Å². The zero-order valence-corrected chi connectivity index (χ0v) is 20.5. The van der Waals surface area contributed by atoms with E-state index in [1.807, 2.05) is 0 Å². The van der Waals surface area contributed by atoms with Gasteiger partial charge in [-0.15, -0.1) is 13.2 Å². The van der Waals surface area contributed by atoms with Crippen LogP contribution in [0.1, 0.15) is 12.8 Å². The summed E-state index contributed by atoms with van der Waals surface area (Å²) in [6, 6.07) is 7.39. The number of sulfone groups is 1. The van der Waals surface area contributed by atoms with E-state index < -0.39 is 49.8 Å². The molecule has 1 heterocycles. The minimum atomic E-state index is -4.83. The van der Waals surface area contributed by atoms with Crippen molar-refractivity contribution in [3.63, 3.8) is 0 Å². The van der Waals surface area contributed by atoms with Crippen molar-refractivity contribution in [1.29, 1.82) is 0 Å². The number of rotatable bonds is 10. The van der Waals surface area contributed by atoms with E-state index in [1.165, 1.54) is 36.4 Å². The van der Waals surface area contributed by atoms with Crippen molar-refractivity contribution in [3.8, 4) is 17.2 Å². The summed E-state index contributed by atoms with van der Waals surface area (Å²) in [5.74, 6) is -0.814. The molecule has 3 rings (SSSR count). The molecule has 1 saturated heterocycles. The van der Waals surface area contributed by atoms with Crippen LogP contribution in [0.2, 0.25) is 0 Å². The second kappa shape index (κ2) is 10.6. The average molecular weight is 553 g/mol. The van der Waals surface area contributed by atoms with Crippen LogP contribution in [0, 0.1) is 0 Å². The number of carbonyl (C=O) groups excluding carboxylic acids is 1. The first kappa shape index (κ1) is 27.7. The molecule has 0 unspecified atom stereocenters. The Morgan fingerprint density at radius 1 is 1.06 bits per heavy atom. The maximum atomic E-state index is 13.0. The second-order valence-corrected chi connectivity index (χ2v) is 12.0. The molecule has 15 heteroatoms. The lowest BCUT2D eigenvalue weighted by Crippen LogP contribution is -2.52. The molecule has 1 aliphatic heterocycles. The van der Waals surface area contributed by atoms with Gasteiger partial charge in [-0.25, -0.2) is 21.9 Å². The fraction of sp³-hybridized carbons (Fsp3) is 0.381. The molecule has 1 N–H and O–H groups in total.